The van der Waals surface area contributed by atoms with E-state index < -0.39 is 0 Å². The fraction of sp³-hybridized carbons (Fsp3) is 0.500. The molecule has 1 atom stereocenters. The summed E-state index contributed by atoms with van der Waals surface area (Å²) in [7, 11) is 4.09. The molecule has 0 saturated heterocycles. The first-order valence-electron chi connectivity index (χ1n) is 7.10. The van der Waals surface area contributed by atoms with Crippen molar-refractivity contribution in [2.45, 2.75) is 25.8 Å². The zero-order valence-corrected chi connectivity index (χ0v) is 12.5. The Morgan fingerprint density at radius 2 is 1.86 bits per heavy atom. The number of nitrogens with zero attached hydrogens (tertiary/aromatic N) is 4. The van der Waals surface area contributed by atoms with E-state index >= 15 is 0 Å². The minimum Gasteiger partial charge on any atom is -0.739 e. The number of aromatic nitrogens is 3. The molecule has 21 heavy (non-hydrogen) atoms. The third-order valence-electron chi connectivity index (χ3n) is 4.08. The van der Waals surface area contributed by atoms with Crippen molar-refractivity contribution in [3.05, 3.63) is 33.7 Å². The maximum atomic E-state index is 12.3. The Kier molecular flexibility index (Phi) is 3.29. The average Bonchev–Trinajstić information content (AvgIpc) is 2.86. The van der Waals surface area contributed by atoms with E-state index in [0.717, 1.165) is 24.0 Å². The van der Waals surface area contributed by atoms with Gasteiger partial charge in [-0.15, -0.1) is 0 Å². The first-order valence-corrected chi connectivity index (χ1v) is 7.10. The summed E-state index contributed by atoms with van der Waals surface area (Å²) in [6, 6.07) is 4.05. The van der Waals surface area contributed by atoms with Gasteiger partial charge in [0.2, 0.25) is 5.10 Å². The van der Waals surface area contributed by atoms with Crippen molar-refractivity contribution in [3.63, 3.8) is 0 Å². The van der Waals surface area contributed by atoms with Crippen LogP contribution in [-0.2, 0) is 12.8 Å². The Hall–Kier alpha value is -2.15. The summed E-state index contributed by atoms with van der Waals surface area (Å²) in [6.45, 7) is 2.39. The molecule has 1 heterocycles. The molecule has 0 amide bonds. The Bertz CT molecular complexity index is 702. The van der Waals surface area contributed by atoms with Crippen LogP contribution in [0.3, 0.4) is 0 Å². The lowest BCUT2D eigenvalue weighted by atomic mass is 10.1. The van der Waals surface area contributed by atoms with Gasteiger partial charge < -0.3 is 15.3 Å². The number of likely N-dealkylation sites (N-methyl/N-ethyl adjacent to an activating group) is 1. The van der Waals surface area contributed by atoms with Crippen LogP contribution >= 0.6 is 0 Å². The number of anilines is 1. The van der Waals surface area contributed by atoms with E-state index in [-0.39, 0.29) is 5.95 Å². The minimum absolute atomic E-state index is 0.0436. The van der Waals surface area contributed by atoms with Crippen molar-refractivity contribution in [2.75, 3.05) is 26.0 Å². The molecular formula is C14H19N5O2. The SMILES string of the molecule is CCNc1n[n+]([O-])c2cc3c(cc2[n+]1[O-])CC(N(C)C)C3. The highest BCUT2D eigenvalue weighted by atomic mass is 16.5. The molecule has 1 unspecified atom stereocenters. The summed E-state index contributed by atoms with van der Waals surface area (Å²) in [5, 5.41) is 30.9. The van der Waals surface area contributed by atoms with Gasteiger partial charge in [0, 0.05) is 17.0 Å². The molecule has 1 aromatic heterocycles. The van der Waals surface area contributed by atoms with Crippen LogP contribution in [0.15, 0.2) is 12.1 Å². The maximum Gasteiger partial charge on any atom is 0.460 e. The van der Waals surface area contributed by atoms with E-state index in [1.807, 2.05) is 27.1 Å². The lowest BCUT2D eigenvalue weighted by Crippen LogP contribution is -2.44. The van der Waals surface area contributed by atoms with Crippen LogP contribution in [0.1, 0.15) is 18.1 Å². The number of rotatable bonds is 3. The standard InChI is InChI=1S/C14H19N5O2/c1-4-15-14-16-19(21)13-8-10-6-11(17(2)3)5-9(10)7-12(13)18(14)20/h7-8,11H,4-6H2,1-3H3,(H,15,16). The Labute approximate surface area is 123 Å². The predicted molar refractivity (Wildman–Crippen MR) is 78.7 cm³/mol. The van der Waals surface area contributed by atoms with Gasteiger partial charge in [-0.05, 0) is 51.1 Å². The molecule has 0 saturated carbocycles. The topological polar surface area (TPSA) is 82.0 Å². The van der Waals surface area contributed by atoms with Crippen LogP contribution in [-0.4, -0.2) is 36.7 Å². The van der Waals surface area contributed by atoms with Crippen LogP contribution < -0.4 is 14.9 Å². The van der Waals surface area contributed by atoms with Crippen molar-refractivity contribution in [3.8, 4) is 0 Å². The molecule has 0 bridgehead atoms. The molecule has 1 aliphatic carbocycles. The average molecular weight is 289 g/mol. The van der Waals surface area contributed by atoms with Gasteiger partial charge in [0.15, 0.2) is 5.52 Å². The van der Waals surface area contributed by atoms with Gasteiger partial charge in [-0.1, -0.05) is 0 Å². The number of hydrogen-bond acceptors (Lipinski definition) is 5. The maximum absolute atomic E-state index is 12.3. The highest BCUT2D eigenvalue weighted by Gasteiger charge is 2.28. The fourth-order valence-electron chi connectivity index (χ4n) is 2.86. The molecule has 0 spiro atoms. The van der Waals surface area contributed by atoms with Crippen molar-refractivity contribution < 1.29 is 9.58 Å². The summed E-state index contributed by atoms with van der Waals surface area (Å²) < 4.78 is 0.705. The van der Waals surface area contributed by atoms with Crippen molar-refractivity contribution in [1.29, 1.82) is 0 Å². The van der Waals surface area contributed by atoms with E-state index in [0.29, 0.717) is 33.2 Å². The summed E-state index contributed by atoms with van der Waals surface area (Å²) in [4.78, 5) is 2.70. The second-order valence-corrected chi connectivity index (χ2v) is 5.66. The van der Waals surface area contributed by atoms with E-state index in [2.05, 4.69) is 15.3 Å². The highest BCUT2D eigenvalue weighted by Crippen LogP contribution is 2.27. The minimum atomic E-state index is 0.0436. The fourth-order valence-corrected chi connectivity index (χ4v) is 2.86. The molecule has 1 aromatic carbocycles. The molecule has 0 aliphatic heterocycles. The number of nitrogens with one attached hydrogen (secondary N) is 1. The summed E-state index contributed by atoms with van der Waals surface area (Å²) in [6.07, 6.45) is 1.79. The summed E-state index contributed by atoms with van der Waals surface area (Å²) in [5.41, 5.74) is 2.96. The number of fused-ring (bicyclic) bond motifs is 2. The van der Waals surface area contributed by atoms with Gasteiger partial charge in [-0.2, -0.15) is 0 Å². The smallest absolute Gasteiger partial charge is 0.460 e. The van der Waals surface area contributed by atoms with Crippen LogP contribution in [0.4, 0.5) is 5.95 Å². The second kappa shape index (κ2) is 5.00. The molecule has 7 nitrogen and oxygen atoms in total. The zero-order valence-electron chi connectivity index (χ0n) is 12.5. The van der Waals surface area contributed by atoms with Crippen molar-refractivity contribution >= 4 is 17.0 Å². The van der Waals surface area contributed by atoms with Gasteiger partial charge in [0.1, 0.15) is 0 Å². The normalized spacial score (nSPS) is 17.4. The number of hydrogen-bond donors (Lipinski definition) is 1. The van der Waals surface area contributed by atoms with E-state index in [4.69, 9.17) is 0 Å². The molecule has 0 radical (unpaired) electrons. The quantitative estimate of drug-likeness (QED) is 0.633. The molecular weight excluding hydrogens is 270 g/mol. The van der Waals surface area contributed by atoms with Gasteiger partial charge in [0.25, 0.3) is 5.52 Å². The molecule has 1 aliphatic rings. The zero-order chi connectivity index (χ0) is 15.1. The lowest BCUT2D eigenvalue weighted by Gasteiger charge is -2.17. The van der Waals surface area contributed by atoms with E-state index in [9.17, 15) is 10.4 Å². The number of benzene rings is 1. The Morgan fingerprint density at radius 3 is 2.43 bits per heavy atom. The molecule has 2 aromatic rings. The Balaban J connectivity index is 2.14. The molecule has 0 fully saturated rings. The third kappa shape index (κ3) is 2.23. The summed E-state index contributed by atoms with van der Waals surface area (Å²) >= 11 is 0. The second-order valence-electron chi connectivity index (χ2n) is 5.66. The first kappa shape index (κ1) is 13.8. The van der Waals surface area contributed by atoms with Gasteiger partial charge in [-0.25, -0.2) is 4.73 Å². The van der Waals surface area contributed by atoms with Crippen LogP contribution in [0.25, 0.3) is 11.0 Å². The van der Waals surface area contributed by atoms with Crippen LogP contribution in [0, 0.1) is 10.4 Å². The van der Waals surface area contributed by atoms with Gasteiger partial charge in [-0.3, -0.25) is 5.32 Å². The molecule has 7 heteroatoms. The van der Waals surface area contributed by atoms with E-state index in [1.165, 1.54) is 0 Å². The molecule has 112 valence electrons. The third-order valence-corrected chi connectivity index (χ3v) is 4.08. The summed E-state index contributed by atoms with van der Waals surface area (Å²) in [5.74, 6) is 0.0436. The van der Waals surface area contributed by atoms with Crippen molar-refractivity contribution in [2.24, 2.45) is 0 Å². The van der Waals surface area contributed by atoms with Gasteiger partial charge in [0.05, 0.1) is 6.54 Å². The lowest BCUT2D eigenvalue weighted by molar-refractivity contribution is -0.672. The predicted octanol–water partition coefficient (Wildman–Crippen LogP) is -0.0378. The largest absolute Gasteiger partial charge is 0.739 e. The van der Waals surface area contributed by atoms with Crippen LogP contribution in [0.5, 0.6) is 0 Å². The highest BCUT2D eigenvalue weighted by molar-refractivity contribution is 5.71. The van der Waals surface area contributed by atoms with E-state index in [1.54, 1.807) is 6.07 Å². The monoisotopic (exact) mass is 289 g/mol. The van der Waals surface area contributed by atoms with Crippen molar-refractivity contribution in [1.82, 2.24) is 10.00 Å². The van der Waals surface area contributed by atoms with Crippen LogP contribution in [0.2, 0.25) is 0 Å². The Morgan fingerprint density at radius 1 is 1.24 bits per heavy atom. The molecule has 1 N–H and O–H groups in total. The first-order chi connectivity index (χ1) is 10.0. The molecule has 3 rings (SSSR count). The van der Waals surface area contributed by atoms with Gasteiger partial charge >= 0.3 is 5.95 Å².